The van der Waals surface area contributed by atoms with Crippen LogP contribution in [0.2, 0.25) is 0 Å². The number of hydrogen-bond donors (Lipinski definition) is 2. The first-order chi connectivity index (χ1) is 15.8. The minimum atomic E-state index is -1.28. The number of amidine groups is 1. The Morgan fingerprint density at radius 3 is 2.58 bits per heavy atom. The van der Waals surface area contributed by atoms with Crippen LogP contribution in [0.15, 0.2) is 22.5 Å². The number of anilines is 1. The maximum Gasteiger partial charge on any atom is 0.253 e. The Labute approximate surface area is 199 Å². The fourth-order valence-corrected chi connectivity index (χ4v) is 6.12. The van der Waals surface area contributed by atoms with Gasteiger partial charge in [0.25, 0.3) is 5.91 Å². The summed E-state index contributed by atoms with van der Waals surface area (Å²) in [4.78, 5) is 17.8. The highest BCUT2D eigenvalue weighted by Gasteiger charge is 2.47. The van der Waals surface area contributed by atoms with Gasteiger partial charge in [0.15, 0.2) is 0 Å². The Hall–Kier alpha value is -2.19. The van der Waals surface area contributed by atoms with Gasteiger partial charge in [0, 0.05) is 48.8 Å². The van der Waals surface area contributed by atoms with Crippen molar-refractivity contribution in [1.29, 1.82) is 0 Å². The fraction of sp³-hybridized carbons (Fsp3) is 0.600. The summed E-state index contributed by atoms with van der Waals surface area (Å²) < 4.78 is 20.4. The number of methoxy groups -OCH3 is 1. The molecule has 1 unspecified atom stereocenters. The highest BCUT2D eigenvalue weighted by molar-refractivity contribution is 7.85. The third kappa shape index (κ3) is 5.01. The third-order valence-corrected chi connectivity index (χ3v) is 8.66. The minimum absolute atomic E-state index is 0.0297. The molecule has 1 aromatic carbocycles. The predicted octanol–water partition coefficient (Wildman–Crippen LogP) is 3.87. The monoisotopic (exact) mass is 472 g/mol. The van der Waals surface area contributed by atoms with Crippen LogP contribution < -0.4 is 15.4 Å². The van der Waals surface area contributed by atoms with Crippen molar-refractivity contribution in [3.05, 3.63) is 28.7 Å². The molecule has 3 aliphatic rings. The number of amides is 1. The smallest absolute Gasteiger partial charge is 0.253 e. The molecular weight excluding hydrogens is 436 g/mol. The van der Waals surface area contributed by atoms with E-state index in [0.29, 0.717) is 31.8 Å². The lowest BCUT2D eigenvalue weighted by Crippen LogP contribution is -2.49. The first-order valence-corrected chi connectivity index (χ1v) is 13.1. The van der Waals surface area contributed by atoms with E-state index < -0.39 is 16.5 Å². The van der Waals surface area contributed by atoms with Crippen LogP contribution in [0.5, 0.6) is 5.75 Å². The molecule has 2 fully saturated rings. The molecule has 33 heavy (non-hydrogen) atoms. The van der Waals surface area contributed by atoms with Gasteiger partial charge < -0.3 is 15.4 Å². The number of rotatable bonds is 6. The van der Waals surface area contributed by atoms with E-state index in [1.54, 1.807) is 12.5 Å². The highest BCUT2D eigenvalue weighted by atomic mass is 32.2. The first-order valence-electron chi connectivity index (χ1n) is 12.0. The normalized spacial score (nSPS) is 26.3. The zero-order valence-corrected chi connectivity index (χ0v) is 21.0. The van der Waals surface area contributed by atoms with Gasteiger partial charge in [0.2, 0.25) is 0 Å². The van der Waals surface area contributed by atoms with Crippen LogP contribution in [-0.4, -0.2) is 53.0 Å². The van der Waals surface area contributed by atoms with Crippen molar-refractivity contribution in [2.24, 2.45) is 16.8 Å². The molecule has 0 aromatic heterocycles. The molecule has 0 radical (unpaired) electrons. The second-order valence-corrected chi connectivity index (χ2v) is 10.9. The number of piperidine rings is 1. The van der Waals surface area contributed by atoms with E-state index in [1.165, 1.54) is 12.8 Å². The molecule has 2 aliphatic heterocycles. The summed E-state index contributed by atoms with van der Waals surface area (Å²) in [6.07, 6.45) is 7.69. The van der Waals surface area contributed by atoms with E-state index in [4.69, 9.17) is 9.73 Å². The molecule has 2 N–H and O–H groups in total. The third-order valence-electron chi connectivity index (χ3n) is 7.41. The van der Waals surface area contributed by atoms with Crippen molar-refractivity contribution < 1.29 is 13.7 Å². The van der Waals surface area contributed by atoms with Crippen molar-refractivity contribution in [3.63, 3.8) is 0 Å². The van der Waals surface area contributed by atoms with E-state index in [1.807, 2.05) is 36.5 Å². The van der Waals surface area contributed by atoms with E-state index >= 15 is 0 Å². The number of nitrogens with one attached hydrogen (secondary N) is 2. The van der Waals surface area contributed by atoms with Gasteiger partial charge in [-0.1, -0.05) is 19.8 Å². The van der Waals surface area contributed by atoms with Crippen molar-refractivity contribution in [2.45, 2.75) is 57.9 Å². The number of benzene rings is 1. The Morgan fingerprint density at radius 2 is 1.94 bits per heavy atom. The Morgan fingerprint density at radius 1 is 1.24 bits per heavy atom. The lowest BCUT2D eigenvalue weighted by molar-refractivity contribution is -0.124. The summed E-state index contributed by atoms with van der Waals surface area (Å²) in [5, 5.41) is 7.94. The number of hydrogen-bond acceptors (Lipinski definition) is 5. The van der Waals surface area contributed by atoms with Gasteiger partial charge in [-0.2, -0.15) is 0 Å². The average molecular weight is 473 g/mol. The lowest BCUT2D eigenvalue weighted by Gasteiger charge is -2.34. The van der Waals surface area contributed by atoms with Crippen LogP contribution >= 0.6 is 0 Å². The topological polar surface area (TPSA) is 83.0 Å². The van der Waals surface area contributed by atoms with E-state index in [2.05, 4.69) is 17.6 Å². The molecule has 2 heterocycles. The Bertz CT molecular complexity index is 974. The molecule has 1 spiro atoms. The standard InChI is InChI=1S/C25H36N4O3S/c1-17-5-7-19(8-6-17)23-27-24(30)25(28-23)10-12-29(13-11-25)33(31)14-9-21-18(2)15-20(26-3)16-22(21)32-4/h9,14-17,19,26H,5-8,10-13H2,1-4H3,(H,27,28,30)/b14-9+. The van der Waals surface area contributed by atoms with Gasteiger partial charge in [0.05, 0.1) is 7.11 Å². The molecule has 180 valence electrons. The Kier molecular flexibility index (Phi) is 7.24. The number of aliphatic imine (C=N–C) groups is 1. The van der Waals surface area contributed by atoms with Crippen LogP contribution in [0.1, 0.15) is 56.6 Å². The number of carbonyl (C=O) groups excluding carboxylic acids is 1. The number of carbonyl (C=O) groups is 1. The molecule has 8 heteroatoms. The summed E-state index contributed by atoms with van der Waals surface area (Å²) in [5.41, 5.74) is 2.27. The summed E-state index contributed by atoms with van der Waals surface area (Å²) in [6, 6.07) is 3.97. The second kappa shape index (κ2) is 9.97. The Balaban J connectivity index is 1.40. The first kappa shape index (κ1) is 24.0. The zero-order chi connectivity index (χ0) is 23.6. The van der Waals surface area contributed by atoms with Crippen molar-refractivity contribution in [2.75, 3.05) is 32.6 Å². The van der Waals surface area contributed by atoms with Gasteiger partial charge in [-0.05, 0) is 56.2 Å². The zero-order valence-electron chi connectivity index (χ0n) is 20.1. The average Bonchev–Trinajstić information content (AvgIpc) is 3.13. The summed E-state index contributed by atoms with van der Waals surface area (Å²) in [6.45, 7) is 5.47. The second-order valence-electron chi connectivity index (χ2n) is 9.61. The van der Waals surface area contributed by atoms with Gasteiger partial charge >= 0.3 is 0 Å². The molecule has 1 aliphatic carbocycles. The van der Waals surface area contributed by atoms with Crippen molar-refractivity contribution >= 4 is 34.5 Å². The molecule has 7 nitrogen and oxygen atoms in total. The van der Waals surface area contributed by atoms with Crippen LogP contribution in [0.4, 0.5) is 5.69 Å². The van der Waals surface area contributed by atoms with Crippen LogP contribution in [-0.2, 0) is 15.8 Å². The van der Waals surface area contributed by atoms with Gasteiger partial charge in [-0.3, -0.25) is 9.79 Å². The maximum absolute atomic E-state index is 13.0. The fourth-order valence-electron chi connectivity index (χ4n) is 5.15. The maximum atomic E-state index is 13.0. The molecule has 1 amide bonds. The molecular formula is C25H36N4O3S. The lowest BCUT2D eigenvalue weighted by atomic mass is 9.82. The summed E-state index contributed by atoms with van der Waals surface area (Å²) in [5.74, 6) is 2.82. The van der Waals surface area contributed by atoms with E-state index in [-0.39, 0.29) is 5.91 Å². The molecule has 4 rings (SSSR count). The molecule has 1 aromatic rings. The van der Waals surface area contributed by atoms with Gasteiger partial charge in [-0.15, -0.1) is 0 Å². The molecule has 1 saturated heterocycles. The quantitative estimate of drug-likeness (QED) is 0.658. The van der Waals surface area contributed by atoms with Crippen molar-refractivity contribution in [3.8, 4) is 5.75 Å². The minimum Gasteiger partial charge on any atom is -0.496 e. The summed E-state index contributed by atoms with van der Waals surface area (Å²) >= 11 is 0. The van der Waals surface area contributed by atoms with E-state index in [0.717, 1.165) is 47.2 Å². The molecule has 1 atom stereocenters. The molecule has 0 bridgehead atoms. The predicted molar refractivity (Wildman–Crippen MR) is 135 cm³/mol. The largest absolute Gasteiger partial charge is 0.496 e. The number of nitrogens with zero attached hydrogens (tertiary/aromatic N) is 2. The van der Waals surface area contributed by atoms with Crippen LogP contribution in [0.25, 0.3) is 6.08 Å². The SMILES string of the molecule is CNc1cc(C)c(/C=C/S(=O)N2CCC3(CC2)N=C(C2CCC(C)CC2)NC3=O)c(OC)c1. The highest BCUT2D eigenvalue weighted by Crippen LogP contribution is 2.36. The van der Waals surface area contributed by atoms with Crippen LogP contribution in [0.3, 0.4) is 0 Å². The van der Waals surface area contributed by atoms with Crippen LogP contribution in [0, 0.1) is 18.8 Å². The van der Waals surface area contributed by atoms with Gasteiger partial charge in [-0.25, -0.2) is 8.51 Å². The van der Waals surface area contributed by atoms with E-state index in [9.17, 15) is 9.00 Å². The van der Waals surface area contributed by atoms with Gasteiger partial charge in [0.1, 0.15) is 28.1 Å². The summed E-state index contributed by atoms with van der Waals surface area (Å²) in [7, 11) is 2.23. The molecule has 1 saturated carbocycles. The van der Waals surface area contributed by atoms with Crippen molar-refractivity contribution in [1.82, 2.24) is 9.62 Å². The number of aryl methyl sites for hydroxylation is 1. The number of ether oxygens (including phenoxy) is 1.